The number of nitrogens with zero attached hydrogens (tertiary/aromatic N) is 1. The third-order valence-electron chi connectivity index (χ3n) is 4.20. The van der Waals surface area contributed by atoms with E-state index in [1.54, 1.807) is 0 Å². The molecule has 0 radical (unpaired) electrons. The molecule has 2 aliphatic rings. The van der Waals surface area contributed by atoms with Crippen LogP contribution in [-0.4, -0.2) is 29.4 Å². The zero-order valence-electron chi connectivity index (χ0n) is 10.5. The molecule has 0 aromatic rings. The molecule has 1 aliphatic carbocycles. The van der Waals surface area contributed by atoms with Gasteiger partial charge in [-0.2, -0.15) is 0 Å². The van der Waals surface area contributed by atoms with Crippen molar-refractivity contribution in [3.05, 3.63) is 0 Å². The molecular formula is C13H24N2O. The lowest BCUT2D eigenvalue weighted by molar-refractivity contribution is -0.137. The maximum Gasteiger partial charge on any atom is 0.227 e. The third kappa shape index (κ3) is 2.24. The van der Waals surface area contributed by atoms with Crippen LogP contribution in [0, 0.1) is 11.8 Å². The molecule has 2 N–H and O–H groups in total. The maximum atomic E-state index is 12.4. The monoisotopic (exact) mass is 224 g/mol. The molecule has 0 bridgehead atoms. The van der Waals surface area contributed by atoms with Crippen LogP contribution in [0.1, 0.15) is 46.0 Å². The lowest BCUT2D eigenvalue weighted by Gasteiger charge is -2.32. The minimum Gasteiger partial charge on any atom is -0.339 e. The number of hydrogen-bond acceptors (Lipinski definition) is 2. The molecule has 0 spiro atoms. The predicted molar refractivity (Wildman–Crippen MR) is 64.9 cm³/mol. The number of likely N-dealkylation sites (tertiary alicyclic amines) is 1. The van der Waals surface area contributed by atoms with Gasteiger partial charge in [0.25, 0.3) is 0 Å². The summed E-state index contributed by atoms with van der Waals surface area (Å²) in [6.07, 6.45) is 5.53. The van der Waals surface area contributed by atoms with Gasteiger partial charge in [0.2, 0.25) is 5.91 Å². The summed E-state index contributed by atoms with van der Waals surface area (Å²) in [4.78, 5) is 14.5. The molecule has 1 saturated carbocycles. The van der Waals surface area contributed by atoms with Crippen molar-refractivity contribution < 1.29 is 4.79 Å². The first-order chi connectivity index (χ1) is 7.59. The number of carbonyl (C=O) groups excluding carboxylic acids is 1. The summed E-state index contributed by atoms with van der Waals surface area (Å²) in [5, 5.41) is 0. The van der Waals surface area contributed by atoms with E-state index in [0.717, 1.165) is 25.8 Å². The highest BCUT2D eigenvalue weighted by Gasteiger charge is 2.36. The molecule has 1 heterocycles. The van der Waals surface area contributed by atoms with Crippen LogP contribution in [0.5, 0.6) is 0 Å². The van der Waals surface area contributed by atoms with E-state index in [1.165, 1.54) is 12.8 Å². The maximum absolute atomic E-state index is 12.4. The van der Waals surface area contributed by atoms with Gasteiger partial charge >= 0.3 is 0 Å². The van der Waals surface area contributed by atoms with Gasteiger partial charge in [-0.1, -0.05) is 19.8 Å². The van der Waals surface area contributed by atoms with Crippen molar-refractivity contribution in [2.45, 2.75) is 58.0 Å². The number of amides is 1. The van der Waals surface area contributed by atoms with E-state index < -0.39 is 0 Å². The van der Waals surface area contributed by atoms with Crippen LogP contribution in [0.15, 0.2) is 0 Å². The smallest absolute Gasteiger partial charge is 0.227 e. The second kappa shape index (κ2) is 4.74. The molecule has 0 aromatic carbocycles. The van der Waals surface area contributed by atoms with Crippen molar-refractivity contribution in [1.82, 2.24) is 4.90 Å². The zero-order valence-corrected chi connectivity index (χ0v) is 10.5. The summed E-state index contributed by atoms with van der Waals surface area (Å²) in [5.41, 5.74) is 6.08. The fraction of sp³-hybridized carbons (Fsp3) is 0.923. The largest absolute Gasteiger partial charge is 0.339 e. The highest BCUT2D eigenvalue weighted by Crippen LogP contribution is 2.29. The first-order valence-corrected chi connectivity index (χ1v) is 6.65. The molecule has 1 aliphatic heterocycles. The van der Waals surface area contributed by atoms with Crippen molar-refractivity contribution in [1.29, 1.82) is 0 Å². The molecule has 0 aromatic heterocycles. The molecule has 92 valence electrons. The Balaban J connectivity index is 2.01. The van der Waals surface area contributed by atoms with E-state index in [-0.39, 0.29) is 12.0 Å². The molecule has 2 rings (SSSR count). The summed E-state index contributed by atoms with van der Waals surface area (Å²) in [6, 6.07) is 0.515. The van der Waals surface area contributed by atoms with Gasteiger partial charge in [0.1, 0.15) is 0 Å². The van der Waals surface area contributed by atoms with Gasteiger partial charge in [0.05, 0.1) is 5.92 Å². The van der Waals surface area contributed by atoms with Crippen LogP contribution in [0.4, 0.5) is 0 Å². The Kier molecular flexibility index (Phi) is 3.53. The lowest BCUT2D eigenvalue weighted by Crippen LogP contribution is -2.46. The number of hydrogen-bond donors (Lipinski definition) is 1. The Hall–Kier alpha value is -0.570. The van der Waals surface area contributed by atoms with Crippen molar-refractivity contribution in [2.75, 3.05) is 6.54 Å². The minimum atomic E-state index is 0.0986. The van der Waals surface area contributed by atoms with Crippen molar-refractivity contribution in [2.24, 2.45) is 17.6 Å². The summed E-state index contributed by atoms with van der Waals surface area (Å²) >= 11 is 0. The molecule has 3 heteroatoms. The SMILES string of the molecule is CC1CC(C)N(C(=O)C2CCCCC2N)C1. The summed E-state index contributed by atoms with van der Waals surface area (Å²) in [7, 11) is 0. The summed E-state index contributed by atoms with van der Waals surface area (Å²) in [6.45, 7) is 5.32. The van der Waals surface area contributed by atoms with E-state index in [2.05, 4.69) is 18.7 Å². The number of nitrogens with two attached hydrogens (primary N) is 1. The van der Waals surface area contributed by atoms with Crippen LogP contribution in [0.25, 0.3) is 0 Å². The molecule has 4 unspecified atom stereocenters. The fourth-order valence-electron chi connectivity index (χ4n) is 3.29. The van der Waals surface area contributed by atoms with Gasteiger partial charge in [0.15, 0.2) is 0 Å². The van der Waals surface area contributed by atoms with Gasteiger partial charge in [-0.05, 0) is 32.1 Å². The normalized spacial score (nSPS) is 40.1. The Bertz CT molecular complexity index is 259. The minimum absolute atomic E-state index is 0.0986. The highest BCUT2D eigenvalue weighted by atomic mass is 16.2. The van der Waals surface area contributed by atoms with Gasteiger partial charge in [-0.3, -0.25) is 4.79 Å². The topological polar surface area (TPSA) is 46.3 Å². The Morgan fingerprint density at radius 3 is 2.50 bits per heavy atom. The number of rotatable bonds is 1. The molecule has 3 nitrogen and oxygen atoms in total. The average Bonchev–Trinajstić information content (AvgIpc) is 2.58. The van der Waals surface area contributed by atoms with E-state index in [4.69, 9.17) is 5.73 Å². The predicted octanol–water partition coefficient (Wildman–Crippen LogP) is 1.76. The standard InChI is InChI=1S/C13H24N2O/c1-9-7-10(2)15(8-9)13(16)11-5-3-4-6-12(11)14/h9-12H,3-8,14H2,1-2H3. The Morgan fingerprint density at radius 1 is 1.25 bits per heavy atom. The molecule has 16 heavy (non-hydrogen) atoms. The van der Waals surface area contributed by atoms with Crippen LogP contribution < -0.4 is 5.73 Å². The van der Waals surface area contributed by atoms with E-state index in [9.17, 15) is 4.79 Å². The Labute approximate surface area is 98.4 Å². The average molecular weight is 224 g/mol. The molecule has 1 saturated heterocycles. The fourth-order valence-corrected chi connectivity index (χ4v) is 3.29. The van der Waals surface area contributed by atoms with Crippen LogP contribution in [0.2, 0.25) is 0 Å². The highest BCUT2D eigenvalue weighted by molar-refractivity contribution is 5.80. The quantitative estimate of drug-likeness (QED) is 0.737. The molecule has 4 atom stereocenters. The second-order valence-electron chi connectivity index (χ2n) is 5.74. The molecule has 1 amide bonds. The molecular weight excluding hydrogens is 200 g/mol. The third-order valence-corrected chi connectivity index (χ3v) is 4.20. The van der Waals surface area contributed by atoms with Crippen LogP contribution in [-0.2, 0) is 4.79 Å². The van der Waals surface area contributed by atoms with E-state index in [1.807, 2.05) is 0 Å². The molecule has 2 fully saturated rings. The van der Waals surface area contributed by atoms with Crippen molar-refractivity contribution in [3.63, 3.8) is 0 Å². The summed E-state index contributed by atoms with van der Waals surface area (Å²) < 4.78 is 0. The van der Waals surface area contributed by atoms with Gasteiger partial charge in [-0.15, -0.1) is 0 Å². The Morgan fingerprint density at radius 2 is 1.94 bits per heavy atom. The van der Waals surface area contributed by atoms with Crippen molar-refractivity contribution >= 4 is 5.91 Å². The number of carbonyl (C=O) groups is 1. The van der Waals surface area contributed by atoms with Crippen LogP contribution >= 0.6 is 0 Å². The van der Waals surface area contributed by atoms with E-state index in [0.29, 0.717) is 17.9 Å². The van der Waals surface area contributed by atoms with Crippen molar-refractivity contribution in [3.8, 4) is 0 Å². The van der Waals surface area contributed by atoms with Gasteiger partial charge in [-0.25, -0.2) is 0 Å². The van der Waals surface area contributed by atoms with E-state index >= 15 is 0 Å². The first-order valence-electron chi connectivity index (χ1n) is 6.65. The lowest BCUT2D eigenvalue weighted by atomic mass is 9.84. The van der Waals surface area contributed by atoms with Crippen LogP contribution in [0.3, 0.4) is 0 Å². The zero-order chi connectivity index (χ0) is 11.7. The van der Waals surface area contributed by atoms with Gasteiger partial charge < -0.3 is 10.6 Å². The second-order valence-corrected chi connectivity index (χ2v) is 5.74. The summed E-state index contributed by atoms with van der Waals surface area (Å²) in [5.74, 6) is 1.07. The first kappa shape index (κ1) is 11.9. The van der Waals surface area contributed by atoms with Gasteiger partial charge in [0, 0.05) is 18.6 Å².